The van der Waals surface area contributed by atoms with Gasteiger partial charge in [0.15, 0.2) is 0 Å². The van der Waals surface area contributed by atoms with Crippen molar-refractivity contribution < 1.29 is 24.2 Å². The highest BCUT2D eigenvalue weighted by molar-refractivity contribution is 7.15. The molecule has 7 heteroatoms. The Bertz CT molecular complexity index is 587. The van der Waals surface area contributed by atoms with E-state index in [0.29, 0.717) is 24.6 Å². The first-order valence-electron chi connectivity index (χ1n) is 7.86. The average Bonchev–Trinajstić information content (AvgIpc) is 3.23. The molecule has 2 aliphatic rings. The number of carboxylic acid groups (broad SMARTS) is 1. The second-order valence-corrected chi connectivity index (χ2v) is 7.06. The minimum atomic E-state index is -0.997. The van der Waals surface area contributed by atoms with Crippen molar-refractivity contribution in [3.63, 3.8) is 0 Å². The summed E-state index contributed by atoms with van der Waals surface area (Å²) in [4.78, 5) is 26.4. The normalized spacial score (nSPS) is 28.0. The third kappa shape index (κ3) is 3.27. The molecule has 126 valence electrons. The monoisotopic (exact) mass is 339 g/mol. The van der Waals surface area contributed by atoms with Crippen LogP contribution in [0.15, 0.2) is 12.1 Å². The van der Waals surface area contributed by atoms with E-state index >= 15 is 0 Å². The van der Waals surface area contributed by atoms with Crippen LogP contribution in [0.2, 0.25) is 0 Å². The number of amides is 1. The van der Waals surface area contributed by atoms with E-state index in [1.807, 2.05) is 4.90 Å². The summed E-state index contributed by atoms with van der Waals surface area (Å²) in [5.41, 5.74) is 0. The molecule has 0 aromatic carbocycles. The minimum Gasteiger partial charge on any atom is -0.477 e. The molecule has 2 heterocycles. The fraction of sp³-hybridized carbons (Fsp3) is 0.625. The lowest BCUT2D eigenvalue weighted by atomic mass is 9.94. The molecule has 1 saturated carbocycles. The molecular formula is C16H21NO5S. The zero-order chi connectivity index (χ0) is 16.4. The molecule has 0 radical (unpaired) electrons. The lowest BCUT2D eigenvalue weighted by molar-refractivity contribution is -0.0458. The highest BCUT2D eigenvalue weighted by Crippen LogP contribution is 2.35. The van der Waals surface area contributed by atoms with Gasteiger partial charge in [-0.1, -0.05) is 6.42 Å². The summed E-state index contributed by atoms with van der Waals surface area (Å²) in [7, 11) is 1.72. The topological polar surface area (TPSA) is 76.1 Å². The molecule has 3 rings (SSSR count). The first kappa shape index (κ1) is 16.4. The van der Waals surface area contributed by atoms with Crippen molar-refractivity contribution in [2.24, 2.45) is 5.92 Å². The Hall–Kier alpha value is -1.44. The molecule has 3 atom stereocenters. The lowest BCUT2D eigenvalue weighted by Crippen LogP contribution is -2.53. The van der Waals surface area contributed by atoms with Crippen LogP contribution in [0.25, 0.3) is 0 Å². The number of nitrogens with zero attached hydrogens (tertiary/aromatic N) is 1. The molecule has 1 aromatic rings. The summed E-state index contributed by atoms with van der Waals surface area (Å²) in [6, 6.07) is 3.09. The Morgan fingerprint density at radius 3 is 2.83 bits per heavy atom. The van der Waals surface area contributed by atoms with E-state index < -0.39 is 5.97 Å². The number of ether oxygens (including phenoxy) is 2. The van der Waals surface area contributed by atoms with Crippen molar-refractivity contribution >= 4 is 23.2 Å². The number of carbonyl (C=O) groups is 2. The van der Waals surface area contributed by atoms with E-state index in [-0.39, 0.29) is 28.8 Å². The standard InChI is InChI=1S/C16H21NO5S/c1-21-12-4-2-3-10(12)11-9-22-8-7-17(11)15(18)13-5-6-14(23-13)16(19)20/h5-6,10-12H,2-4,7-9H2,1H3,(H,19,20). The van der Waals surface area contributed by atoms with E-state index in [0.717, 1.165) is 30.6 Å². The van der Waals surface area contributed by atoms with Gasteiger partial charge in [-0.2, -0.15) is 0 Å². The summed E-state index contributed by atoms with van der Waals surface area (Å²) < 4.78 is 11.2. The second kappa shape index (κ2) is 6.98. The van der Waals surface area contributed by atoms with Crippen LogP contribution in [-0.2, 0) is 9.47 Å². The van der Waals surface area contributed by atoms with Crippen LogP contribution >= 0.6 is 11.3 Å². The molecule has 1 aliphatic carbocycles. The maximum Gasteiger partial charge on any atom is 0.345 e. The van der Waals surface area contributed by atoms with Crippen LogP contribution in [0.5, 0.6) is 0 Å². The quantitative estimate of drug-likeness (QED) is 0.909. The SMILES string of the molecule is COC1CCCC1C1COCCN1C(=O)c1ccc(C(=O)O)s1. The number of rotatable bonds is 4. The zero-order valence-corrected chi connectivity index (χ0v) is 13.9. The van der Waals surface area contributed by atoms with Gasteiger partial charge in [0.2, 0.25) is 0 Å². The van der Waals surface area contributed by atoms with Crippen molar-refractivity contribution in [3.8, 4) is 0 Å². The number of aromatic carboxylic acids is 1. The van der Waals surface area contributed by atoms with Gasteiger partial charge in [-0.05, 0) is 25.0 Å². The Balaban J connectivity index is 1.80. The Morgan fingerprint density at radius 1 is 1.35 bits per heavy atom. The second-order valence-electron chi connectivity index (χ2n) is 5.98. The van der Waals surface area contributed by atoms with E-state index in [4.69, 9.17) is 14.6 Å². The van der Waals surface area contributed by atoms with Gasteiger partial charge in [0, 0.05) is 19.6 Å². The van der Waals surface area contributed by atoms with Crippen molar-refractivity contribution in [3.05, 3.63) is 21.9 Å². The average molecular weight is 339 g/mol. The van der Waals surface area contributed by atoms with Crippen LogP contribution in [0, 0.1) is 5.92 Å². The zero-order valence-electron chi connectivity index (χ0n) is 13.1. The van der Waals surface area contributed by atoms with Crippen molar-refractivity contribution in [2.45, 2.75) is 31.4 Å². The predicted octanol–water partition coefficient (Wildman–Crippen LogP) is 2.10. The first-order chi connectivity index (χ1) is 11.1. The Labute approximate surface area is 139 Å². The van der Waals surface area contributed by atoms with Gasteiger partial charge < -0.3 is 19.5 Å². The molecule has 23 heavy (non-hydrogen) atoms. The number of thiophene rings is 1. The van der Waals surface area contributed by atoms with Crippen molar-refractivity contribution in [2.75, 3.05) is 26.9 Å². The Kier molecular flexibility index (Phi) is 4.99. The van der Waals surface area contributed by atoms with Gasteiger partial charge in [-0.25, -0.2) is 4.79 Å². The predicted molar refractivity (Wildman–Crippen MR) is 85.1 cm³/mol. The van der Waals surface area contributed by atoms with Gasteiger partial charge in [-0.3, -0.25) is 4.79 Å². The molecular weight excluding hydrogens is 318 g/mol. The smallest absolute Gasteiger partial charge is 0.345 e. The fourth-order valence-corrected chi connectivity index (χ4v) is 4.43. The molecule has 6 nitrogen and oxygen atoms in total. The molecule has 0 bridgehead atoms. The highest BCUT2D eigenvalue weighted by atomic mass is 32.1. The lowest BCUT2D eigenvalue weighted by Gasteiger charge is -2.40. The van der Waals surface area contributed by atoms with E-state index in [9.17, 15) is 9.59 Å². The number of hydrogen-bond donors (Lipinski definition) is 1. The Morgan fingerprint density at radius 2 is 2.13 bits per heavy atom. The number of carbonyl (C=O) groups excluding carboxylic acids is 1. The molecule has 1 saturated heterocycles. The summed E-state index contributed by atoms with van der Waals surface area (Å²) in [6.45, 7) is 1.58. The van der Waals surface area contributed by atoms with E-state index in [2.05, 4.69) is 0 Å². The molecule has 0 spiro atoms. The van der Waals surface area contributed by atoms with Gasteiger partial charge in [-0.15, -0.1) is 11.3 Å². The summed E-state index contributed by atoms with van der Waals surface area (Å²) >= 11 is 1.03. The van der Waals surface area contributed by atoms with Gasteiger partial charge in [0.25, 0.3) is 5.91 Å². The largest absolute Gasteiger partial charge is 0.477 e. The van der Waals surface area contributed by atoms with Crippen LogP contribution in [0.3, 0.4) is 0 Å². The molecule has 1 aromatic heterocycles. The van der Waals surface area contributed by atoms with Crippen LogP contribution in [0.4, 0.5) is 0 Å². The van der Waals surface area contributed by atoms with E-state index in [1.54, 1.807) is 13.2 Å². The van der Waals surface area contributed by atoms with Gasteiger partial charge >= 0.3 is 5.97 Å². The van der Waals surface area contributed by atoms with Crippen LogP contribution < -0.4 is 0 Å². The summed E-state index contributed by atoms with van der Waals surface area (Å²) in [5, 5.41) is 9.03. The third-order valence-electron chi connectivity index (χ3n) is 4.75. The maximum atomic E-state index is 12.8. The number of hydrogen-bond acceptors (Lipinski definition) is 5. The minimum absolute atomic E-state index is 0.000854. The van der Waals surface area contributed by atoms with Crippen LogP contribution in [-0.4, -0.2) is 60.9 Å². The maximum absolute atomic E-state index is 12.8. The third-order valence-corrected chi connectivity index (χ3v) is 5.82. The van der Waals surface area contributed by atoms with Crippen molar-refractivity contribution in [1.82, 2.24) is 4.90 Å². The summed E-state index contributed by atoms with van der Waals surface area (Å²) in [5.74, 6) is -0.816. The number of morpholine rings is 1. The molecule has 1 amide bonds. The summed E-state index contributed by atoms with van der Waals surface area (Å²) in [6.07, 6.45) is 3.31. The molecule has 3 unspecified atom stereocenters. The number of methoxy groups -OCH3 is 1. The molecule has 2 fully saturated rings. The van der Waals surface area contributed by atoms with Crippen LogP contribution in [0.1, 0.15) is 38.6 Å². The van der Waals surface area contributed by atoms with E-state index in [1.165, 1.54) is 6.07 Å². The first-order valence-corrected chi connectivity index (χ1v) is 8.68. The highest BCUT2D eigenvalue weighted by Gasteiger charge is 2.40. The fourth-order valence-electron chi connectivity index (χ4n) is 3.63. The molecule has 1 N–H and O–H groups in total. The van der Waals surface area contributed by atoms with Gasteiger partial charge in [0.1, 0.15) is 4.88 Å². The van der Waals surface area contributed by atoms with Crippen molar-refractivity contribution in [1.29, 1.82) is 0 Å². The molecule has 1 aliphatic heterocycles. The van der Waals surface area contributed by atoms with Gasteiger partial charge in [0.05, 0.1) is 30.2 Å². The number of carboxylic acids is 1.